The Balaban J connectivity index is 1.77. The summed E-state index contributed by atoms with van der Waals surface area (Å²) in [6.07, 6.45) is 5.24. The van der Waals surface area contributed by atoms with Gasteiger partial charge in [0.25, 0.3) is 0 Å². The van der Waals surface area contributed by atoms with Crippen LogP contribution in [0.4, 0.5) is 0 Å². The van der Waals surface area contributed by atoms with E-state index in [9.17, 15) is 4.79 Å². The molecule has 0 spiro atoms. The molecular weight excluding hydrogens is 456 g/mol. The molecule has 3 rings (SSSR count). The zero-order chi connectivity index (χ0) is 24.7. The van der Waals surface area contributed by atoms with Crippen molar-refractivity contribution in [3.05, 3.63) is 108 Å². The molecule has 3 aromatic carbocycles. The minimum absolute atomic E-state index is 0.00543. The maximum absolute atomic E-state index is 12.2. The van der Waals surface area contributed by atoms with E-state index in [1.54, 1.807) is 6.92 Å². The number of hydrogen-bond donors (Lipinski definition) is 0. The summed E-state index contributed by atoms with van der Waals surface area (Å²) in [6.45, 7) is 3.13. The highest BCUT2D eigenvalue weighted by molar-refractivity contribution is 8.14. The lowest BCUT2D eigenvalue weighted by atomic mass is 10.1. The van der Waals surface area contributed by atoms with Crippen molar-refractivity contribution in [3.8, 4) is 12.3 Å². The molecule has 3 atom stereocenters. The second-order valence-corrected chi connectivity index (χ2v) is 9.57. The topological polar surface area (TPSA) is 44.8 Å². The van der Waals surface area contributed by atoms with Gasteiger partial charge in [-0.15, -0.1) is 12.3 Å². The SMILES string of the molecule is C#CC[C@@H](OCc1ccccc1)[C@H](OCc1ccccc1)[C@H](COCc1ccccc1)SC(C)=O. The van der Waals surface area contributed by atoms with Crippen molar-refractivity contribution in [1.29, 1.82) is 0 Å². The first kappa shape index (κ1) is 26.7. The Morgan fingerprint density at radius 1 is 0.800 bits per heavy atom. The fourth-order valence-electron chi connectivity index (χ4n) is 3.66. The van der Waals surface area contributed by atoms with Gasteiger partial charge in [-0.2, -0.15) is 0 Å². The van der Waals surface area contributed by atoms with Crippen molar-refractivity contribution < 1.29 is 19.0 Å². The van der Waals surface area contributed by atoms with Crippen LogP contribution in [0, 0.1) is 12.3 Å². The number of hydrogen-bond acceptors (Lipinski definition) is 5. The first-order valence-electron chi connectivity index (χ1n) is 11.7. The number of terminal acetylenes is 1. The summed E-state index contributed by atoms with van der Waals surface area (Å²) < 4.78 is 18.8. The molecule has 0 unspecified atom stereocenters. The standard InChI is InChI=1S/C30H32O4S/c1-3-13-28(33-21-26-16-9-5-10-17-26)30(34-22-27-18-11-6-12-19-27)29(35-24(2)31)23-32-20-25-14-7-4-8-15-25/h1,4-12,14-19,28-30H,13,20-23H2,2H3/t28-,29+,30+/m1/s1. The molecule has 0 aliphatic rings. The van der Waals surface area contributed by atoms with Gasteiger partial charge in [-0.3, -0.25) is 4.79 Å². The monoisotopic (exact) mass is 488 g/mol. The number of ether oxygens (including phenoxy) is 3. The van der Waals surface area contributed by atoms with Gasteiger partial charge in [-0.25, -0.2) is 0 Å². The van der Waals surface area contributed by atoms with Crippen LogP contribution in [0.5, 0.6) is 0 Å². The van der Waals surface area contributed by atoms with E-state index in [0.29, 0.717) is 32.8 Å². The zero-order valence-corrected chi connectivity index (χ0v) is 20.9. The van der Waals surface area contributed by atoms with Crippen LogP contribution in [0.3, 0.4) is 0 Å². The maximum Gasteiger partial charge on any atom is 0.186 e. The number of thioether (sulfide) groups is 1. The molecule has 4 nitrogen and oxygen atoms in total. The maximum atomic E-state index is 12.2. The minimum atomic E-state index is -0.445. The van der Waals surface area contributed by atoms with Gasteiger partial charge >= 0.3 is 0 Å². The van der Waals surface area contributed by atoms with Crippen LogP contribution >= 0.6 is 11.8 Å². The molecule has 0 amide bonds. The Kier molecular flexibility index (Phi) is 11.6. The third-order valence-corrected chi connectivity index (χ3v) is 6.39. The molecule has 0 N–H and O–H groups in total. The van der Waals surface area contributed by atoms with Gasteiger partial charge in [0.2, 0.25) is 0 Å². The number of benzene rings is 3. The summed E-state index contributed by atoms with van der Waals surface area (Å²) in [5, 5.41) is -0.289. The van der Waals surface area contributed by atoms with Crippen LogP contribution < -0.4 is 0 Å². The van der Waals surface area contributed by atoms with Crippen LogP contribution in [-0.2, 0) is 38.8 Å². The molecule has 0 fully saturated rings. The molecule has 0 aliphatic heterocycles. The summed E-state index contributed by atoms with van der Waals surface area (Å²) in [7, 11) is 0. The second kappa shape index (κ2) is 15.2. The molecule has 3 aromatic rings. The summed E-state index contributed by atoms with van der Waals surface area (Å²) in [5.41, 5.74) is 3.16. The normalized spacial score (nSPS) is 13.5. The van der Waals surface area contributed by atoms with Crippen LogP contribution in [0.25, 0.3) is 0 Å². The lowest BCUT2D eigenvalue weighted by Gasteiger charge is -2.32. The lowest BCUT2D eigenvalue weighted by molar-refractivity contribution is -0.109. The summed E-state index contributed by atoms with van der Waals surface area (Å²) >= 11 is 1.22. The fourth-order valence-corrected chi connectivity index (χ4v) is 4.64. The molecule has 0 aliphatic carbocycles. The predicted molar refractivity (Wildman–Crippen MR) is 142 cm³/mol. The molecule has 0 saturated carbocycles. The van der Waals surface area contributed by atoms with Crippen LogP contribution in [0.1, 0.15) is 30.0 Å². The Bertz CT molecular complexity index is 1030. The van der Waals surface area contributed by atoms with Crippen molar-refractivity contribution in [2.24, 2.45) is 0 Å². The van der Waals surface area contributed by atoms with E-state index in [1.165, 1.54) is 11.8 Å². The van der Waals surface area contributed by atoms with E-state index < -0.39 is 12.2 Å². The van der Waals surface area contributed by atoms with Crippen molar-refractivity contribution in [3.63, 3.8) is 0 Å². The first-order valence-corrected chi connectivity index (χ1v) is 12.6. The van der Waals surface area contributed by atoms with Gasteiger partial charge in [0, 0.05) is 13.3 Å². The van der Waals surface area contributed by atoms with E-state index in [4.69, 9.17) is 20.6 Å². The first-order chi connectivity index (χ1) is 17.2. The average molecular weight is 489 g/mol. The van der Waals surface area contributed by atoms with E-state index in [-0.39, 0.29) is 10.4 Å². The summed E-state index contributed by atoms with van der Waals surface area (Å²) in [6, 6.07) is 29.8. The van der Waals surface area contributed by atoms with Gasteiger partial charge in [-0.1, -0.05) is 103 Å². The second-order valence-electron chi connectivity index (χ2n) is 8.15. The number of carbonyl (C=O) groups excluding carboxylic acids is 1. The smallest absolute Gasteiger partial charge is 0.186 e. The summed E-state index contributed by atoms with van der Waals surface area (Å²) in [5.74, 6) is 2.73. The minimum Gasteiger partial charge on any atom is -0.376 e. The Labute approximate surface area is 213 Å². The van der Waals surface area contributed by atoms with Crippen molar-refractivity contribution in [2.75, 3.05) is 6.61 Å². The van der Waals surface area contributed by atoms with E-state index in [0.717, 1.165) is 16.7 Å². The van der Waals surface area contributed by atoms with Crippen molar-refractivity contribution >= 4 is 16.9 Å². The molecule has 35 heavy (non-hydrogen) atoms. The van der Waals surface area contributed by atoms with Crippen molar-refractivity contribution in [1.82, 2.24) is 0 Å². The Hall–Kier alpha value is -2.88. The number of carbonyl (C=O) groups is 1. The van der Waals surface area contributed by atoms with Gasteiger partial charge in [0.15, 0.2) is 5.12 Å². The summed E-state index contributed by atoms with van der Waals surface area (Å²) in [4.78, 5) is 12.2. The van der Waals surface area contributed by atoms with E-state index in [2.05, 4.69) is 5.92 Å². The third-order valence-electron chi connectivity index (χ3n) is 5.36. The van der Waals surface area contributed by atoms with Crippen LogP contribution in [-0.4, -0.2) is 29.2 Å². The van der Waals surface area contributed by atoms with Gasteiger partial charge in [0.1, 0.15) is 0 Å². The molecule has 182 valence electrons. The van der Waals surface area contributed by atoms with Crippen LogP contribution in [0.2, 0.25) is 0 Å². The molecule has 0 saturated heterocycles. The molecule has 5 heteroatoms. The van der Waals surface area contributed by atoms with Crippen molar-refractivity contribution in [2.45, 2.75) is 50.6 Å². The number of rotatable bonds is 14. The average Bonchev–Trinajstić information content (AvgIpc) is 2.88. The highest BCUT2D eigenvalue weighted by atomic mass is 32.2. The predicted octanol–water partition coefficient (Wildman–Crippen LogP) is 6.05. The Morgan fingerprint density at radius 3 is 1.77 bits per heavy atom. The lowest BCUT2D eigenvalue weighted by Crippen LogP contribution is -2.42. The molecule has 0 radical (unpaired) electrons. The highest BCUT2D eigenvalue weighted by Gasteiger charge is 2.33. The molecule has 0 aromatic heterocycles. The van der Waals surface area contributed by atoms with Crippen LogP contribution in [0.15, 0.2) is 91.0 Å². The molecule has 0 bridgehead atoms. The highest BCUT2D eigenvalue weighted by Crippen LogP contribution is 2.26. The zero-order valence-electron chi connectivity index (χ0n) is 20.0. The third kappa shape index (κ3) is 9.71. The van der Waals surface area contributed by atoms with Gasteiger partial charge in [-0.05, 0) is 16.7 Å². The van der Waals surface area contributed by atoms with Gasteiger partial charge in [0.05, 0.1) is 43.9 Å². The largest absolute Gasteiger partial charge is 0.376 e. The van der Waals surface area contributed by atoms with E-state index >= 15 is 0 Å². The Morgan fingerprint density at radius 2 is 1.29 bits per heavy atom. The molecule has 0 heterocycles. The molecular formula is C30H32O4S. The fraction of sp³-hybridized carbons (Fsp3) is 0.300. The quantitative estimate of drug-likeness (QED) is 0.259. The van der Waals surface area contributed by atoms with Gasteiger partial charge < -0.3 is 14.2 Å². The van der Waals surface area contributed by atoms with E-state index in [1.807, 2.05) is 91.0 Å².